The summed E-state index contributed by atoms with van der Waals surface area (Å²) in [5.41, 5.74) is 0.155. The smallest absolute Gasteiger partial charge is 0.169 e. The van der Waals surface area contributed by atoms with Gasteiger partial charge in [-0.05, 0) is 29.1 Å². The van der Waals surface area contributed by atoms with E-state index in [2.05, 4.69) is 4.98 Å². The number of H-pyrrole nitrogens is 1. The van der Waals surface area contributed by atoms with E-state index in [1.807, 2.05) is 0 Å². The van der Waals surface area contributed by atoms with Crippen molar-refractivity contribution in [2.24, 2.45) is 0 Å². The maximum Gasteiger partial charge on any atom is 0.169 e. The minimum Gasteiger partial charge on any atom is -0.361 e. The quantitative estimate of drug-likeness (QED) is 0.496. The predicted molar refractivity (Wildman–Crippen MR) is 63.6 cm³/mol. The molecule has 0 atom stereocenters. The fraction of sp³-hybridized carbons (Fsp3) is 0. The molecule has 0 aliphatic carbocycles. The molecule has 0 spiro atoms. The highest BCUT2D eigenvalue weighted by Crippen LogP contribution is 2.31. The number of nitrogens with one attached hydrogen (secondary N) is 1. The number of hydrogen-bond donors (Lipinski definition) is 1. The highest BCUT2D eigenvalue weighted by Gasteiger charge is 2.20. The Morgan fingerprint density at radius 3 is 2.16 bits per heavy atom. The fourth-order valence-corrected chi connectivity index (χ4v) is 2.04. The second-order valence-corrected chi connectivity index (χ2v) is 4.12. The average Bonchev–Trinajstić information content (AvgIpc) is 2.84. The van der Waals surface area contributed by atoms with Crippen molar-refractivity contribution in [1.29, 1.82) is 0 Å². The molecular weight excluding hydrogens is 258 g/mol. The normalized spacial score (nSPS) is 11.2. The van der Waals surface area contributed by atoms with Gasteiger partial charge in [-0.1, -0.05) is 6.07 Å². The van der Waals surface area contributed by atoms with Gasteiger partial charge in [-0.3, -0.25) is 0 Å². The number of aromatic amines is 1. The van der Waals surface area contributed by atoms with E-state index in [1.54, 1.807) is 18.3 Å². The van der Waals surface area contributed by atoms with Crippen LogP contribution < -0.4 is 0 Å². The van der Waals surface area contributed by atoms with Crippen LogP contribution in [-0.2, 0) is 0 Å². The third-order valence-corrected chi connectivity index (χ3v) is 2.95. The van der Waals surface area contributed by atoms with Crippen LogP contribution in [0, 0.1) is 23.3 Å². The Kier molecular flexibility index (Phi) is 2.55. The van der Waals surface area contributed by atoms with Crippen LogP contribution >= 0.6 is 0 Å². The molecule has 0 aliphatic heterocycles. The Labute approximate surface area is 105 Å². The van der Waals surface area contributed by atoms with Gasteiger partial charge in [0, 0.05) is 17.8 Å². The van der Waals surface area contributed by atoms with Crippen LogP contribution in [0.3, 0.4) is 0 Å². The predicted octanol–water partition coefficient (Wildman–Crippen LogP) is 4.39. The number of rotatable bonds is 1. The molecule has 5 heteroatoms. The van der Waals surface area contributed by atoms with Crippen molar-refractivity contribution in [3.8, 4) is 11.1 Å². The zero-order valence-corrected chi connectivity index (χ0v) is 9.48. The highest BCUT2D eigenvalue weighted by molar-refractivity contribution is 5.85. The summed E-state index contributed by atoms with van der Waals surface area (Å²) in [5.74, 6) is -5.62. The molecule has 1 aromatic heterocycles. The Morgan fingerprint density at radius 1 is 0.789 bits per heavy atom. The maximum absolute atomic E-state index is 13.7. The minimum atomic E-state index is -1.41. The van der Waals surface area contributed by atoms with Gasteiger partial charge in [0.25, 0.3) is 0 Å². The van der Waals surface area contributed by atoms with E-state index in [0.717, 1.165) is 5.52 Å². The molecule has 0 radical (unpaired) electrons. The first-order chi connectivity index (χ1) is 9.08. The summed E-state index contributed by atoms with van der Waals surface area (Å²) in [6.07, 6.45) is 1.66. The summed E-state index contributed by atoms with van der Waals surface area (Å²) in [6.45, 7) is 0. The summed E-state index contributed by atoms with van der Waals surface area (Å²) in [4.78, 5) is 2.91. The van der Waals surface area contributed by atoms with Crippen LogP contribution in [0.5, 0.6) is 0 Å². The molecule has 0 saturated heterocycles. The number of aromatic nitrogens is 1. The number of benzene rings is 2. The topological polar surface area (TPSA) is 15.8 Å². The number of hydrogen-bond acceptors (Lipinski definition) is 0. The van der Waals surface area contributed by atoms with Crippen LogP contribution in [0.25, 0.3) is 22.0 Å². The molecule has 1 N–H and O–H groups in total. The van der Waals surface area contributed by atoms with Gasteiger partial charge >= 0.3 is 0 Å². The monoisotopic (exact) mass is 265 g/mol. The van der Waals surface area contributed by atoms with Gasteiger partial charge in [0.1, 0.15) is 0 Å². The Morgan fingerprint density at radius 2 is 1.47 bits per heavy atom. The molecule has 96 valence electrons. The molecule has 1 nitrogen and oxygen atoms in total. The molecule has 0 unspecified atom stereocenters. The third kappa shape index (κ3) is 1.78. The van der Waals surface area contributed by atoms with Gasteiger partial charge in [0.15, 0.2) is 23.3 Å². The van der Waals surface area contributed by atoms with E-state index < -0.39 is 28.8 Å². The minimum absolute atomic E-state index is 0.0838. The van der Waals surface area contributed by atoms with Crippen LogP contribution in [-0.4, -0.2) is 4.98 Å². The van der Waals surface area contributed by atoms with Crippen molar-refractivity contribution >= 4 is 10.9 Å². The molecule has 0 saturated carbocycles. The van der Waals surface area contributed by atoms with Gasteiger partial charge < -0.3 is 4.98 Å². The molecule has 2 aromatic carbocycles. The molecular formula is C14H7F4N. The Balaban J connectivity index is 2.31. The summed E-state index contributed by atoms with van der Waals surface area (Å²) in [7, 11) is 0. The van der Waals surface area contributed by atoms with Crippen LogP contribution in [0.15, 0.2) is 36.5 Å². The summed E-state index contributed by atoms with van der Waals surface area (Å²) in [6, 6.07) is 6.35. The van der Waals surface area contributed by atoms with Gasteiger partial charge in [-0.25, -0.2) is 17.6 Å². The van der Waals surface area contributed by atoms with E-state index in [9.17, 15) is 17.6 Å². The third-order valence-electron chi connectivity index (χ3n) is 2.95. The first-order valence-corrected chi connectivity index (χ1v) is 5.48. The molecule has 0 aliphatic rings. The molecule has 0 bridgehead atoms. The first kappa shape index (κ1) is 11.8. The lowest BCUT2D eigenvalue weighted by atomic mass is 10.0. The summed E-state index contributed by atoms with van der Waals surface area (Å²) in [5, 5.41) is 0.695. The standard InChI is InChI=1S/C14H7F4N/c15-9-6-10(16)14(18)12(13(9)17)8-1-2-11-7(5-8)3-4-19-11/h1-6,19H. The van der Waals surface area contributed by atoms with Gasteiger partial charge in [0.05, 0.1) is 5.56 Å². The van der Waals surface area contributed by atoms with Gasteiger partial charge in [-0.2, -0.15) is 0 Å². The van der Waals surface area contributed by atoms with E-state index >= 15 is 0 Å². The lowest BCUT2D eigenvalue weighted by Crippen LogP contribution is -1.98. The van der Waals surface area contributed by atoms with Gasteiger partial charge in [-0.15, -0.1) is 0 Å². The van der Waals surface area contributed by atoms with Crippen LogP contribution in [0.1, 0.15) is 0 Å². The van der Waals surface area contributed by atoms with E-state index in [1.165, 1.54) is 12.1 Å². The summed E-state index contributed by atoms with van der Waals surface area (Å²) < 4.78 is 53.7. The highest BCUT2D eigenvalue weighted by atomic mass is 19.2. The number of fused-ring (bicyclic) bond motifs is 1. The van der Waals surface area contributed by atoms with Crippen LogP contribution in [0.4, 0.5) is 17.6 Å². The molecule has 19 heavy (non-hydrogen) atoms. The van der Waals surface area contributed by atoms with E-state index in [4.69, 9.17) is 0 Å². The lowest BCUT2D eigenvalue weighted by Gasteiger charge is -2.07. The fourth-order valence-electron chi connectivity index (χ4n) is 2.04. The van der Waals surface area contributed by atoms with Crippen molar-refractivity contribution in [2.45, 2.75) is 0 Å². The second kappa shape index (κ2) is 4.12. The lowest BCUT2D eigenvalue weighted by molar-refractivity contribution is 0.458. The largest absolute Gasteiger partial charge is 0.361 e. The average molecular weight is 265 g/mol. The second-order valence-electron chi connectivity index (χ2n) is 4.12. The van der Waals surface area contributed by atoms with E-state index in [0.29, 0.717) is 5.39 Å². The van der Waals surface area contributed by atoms with Crippen LogP contribution in [0.2, 0.25) is 0 Å². The molecule has 0 amide bonds. The molecule has 1 heterocycles. The maximum atomic E-state index is 13.7. The summed E-state index contributed by atoms with van der Waals surface area (Å²) >= 11 is 0. The molecule has 3 aromatic rings. The van der Waals surface area contributed by atoms with Crippen molar-refractivity contribution in [3.05, 3.63) is 59.8 Å². The van der Waals surface area contributed by atoms with Gasteiger partial charge in [0.2, 0.25) is 0 Å². The zero-order chi connectivity index (χ0) is 13.6. The molecule has 3 rings (SSSR count). The Bertz CT molecular complexity index is 750. The van der Waals surface area contributed by atoms with Crippen molar-refractivity contribution in [2.75, 3.05) is 0 Å². The van der Waals surface area contributed by atoms with Crippen molar-refractivity contribution in [3.63, 3.8) is 0 Å². The van der Waals surface area contributed by atoms with E-state index in [-0.39, 0.29) is 11.6 Å². The zero-order valence-electron chi connectivity index (χ0n) is 9.48. The SMILES string of the molecule is Fc1cc(F)c(F)c(-c2ccc3[nH]ccc3c2)c1F. The first-order valence-electron chi connectivity index (χ1n) is 5.48. The number of halogens is 4. The Hall–Kier alpha value is -2.30. The van der Waals surface area contributed by atoms with Crippen molar-refractivity contribution < 1.29 is 17.6 Å². The molecule has 0 fully saturated rings. The van der Waals surface area contributed by atoms with Crippen molar-refractivity contribution in [1.82, 2.24) is 4.98 Å².